The van der Waals surface area contributed by atoms with Gasteiger partial charge in [0.15, 0.2) is 0 Å². The van der Waals surface area contributed by atoms with E-state index in [9.17, 15) is 4.79 Å². The van der Waals surface area contributed by atoms with Gasteiger partial charge in [-0.3, -0.25) is 4.79 Å². The number of amides is 1. The summed E-state index contributed by atoms with van der Waals surface area (Å²) in [6.45, 7) is 0.719. The Morgan fingerprint density at radius 3 is 2.88 bits per heavy atom. The van der Waals surface area contributed by atoms with Crippen LogP contribution in [0.25, 0.3) is 5.69 Å². The largest absolute Gasteiger partial charge is 0.355 e. The lowest BCUT2D eigenvalue weighted by molar-refractivity contribution is -0.120. The van der Waals surface area contributed by atoms with Crippen LogP contribution in [0.2, 0.25) is 0 Å². The van der Waals surface area contributed by atoms with Crippen LogP contribution in [0, 0.1) is 0 Å². The van der Waals surface area contributed by atoms with Gasteiger partial charge in [0, 0.05) is 30.7 Å². The molecule has 1 N–H and O–H groups in total. The first-order chi connectivity index (χ1) is 12.3. The number of aromatic nitrogens is 2. The molecule has 0 aliphatic heterocycles. The Morgan fingerprint density at radius 2 is 2.08 bits per heavy atom. The fourth-order valence-corrected chi connectivity index (χ4v) is 3.96. The number of hydrogen-bond acceptors (Lipinski definition) is 4. The molecule has 25 heavy (non-hydrogen) atoms. The number of rotatable bonds is 9. The quantitative estimate of drug-likeness (QED) is 0.580. The first-order valence-electron chi connectivity index (χ1n) is 8.26. The van der Waals surface area contributed by atoms with Crippen molar-refractivity contribution in [3.63, 3.8) is 0 Å². The van der Waals surface area contributed by atoms with E-state index in [2.05, 4.69) is 27.2 Å². The molecule has 0 radical (unpaired) electrons. The number of nitrogens with zero attached hydrogens (tertiary/aromatic N) is 2. The van der Waals surface area contributed by atoms with Crippen molar-refractivity contribution in [1.29, 1.82) is 0 Å². The molecule has 0 spiro atoms. The number of thioether (sulfide) groups is 1. The second-order valence-corrected chi connectivity index (χ2v) is 7.55. The van der Waals surface area contributed by atoms with Crippen LogP contribution in [-0.4, -0.2) is 28.0 Å². The average Bonchev–Trinajstić information content (AvgIpc) is 3.32. The number of nitrogens with one attached hydrogen (secondary N) is 1. The van der Waals surface area contributed by atoms with Crippen LogP contribution in [0.1, 0.15) is 17.5 Å². The zero-order valence-electron chi connectivity index (χ0n) is 13.9. The van der Waals surface area contributed by atoms with Gasteiger partial charge in [0.2, 0.25) is 5.91 Å². The Balaban J connectivity index is 1.33. The predicted octanol–water partition coefficient (Wildman–Crippen LogP) is 3.92. The zero-order valence-corrected chi connectivity index (χ0v) is 15.6. The highest BCUT2D eigenvalue weighted by molar-refractivity contribution is 7.98. The lowest BCUT2D eigenvalue weighted by Gasteiger charge is -2.04. The second-order valence-electron chi connectivity index (χ2n) is 5.66. The molecule has 0 saturated heterocycles. The van der Waals surface area contributed by atoms with Crippen molar-refractivity contribution in [3.8, 4) is 5.69 Å². The minimum atomic E-state index is 0.101. The van der Waals surface area contributed by atoms with E-state index in [-0.39, 0.29) is 5.91 Å². The van der Waals surface area contributed by atoms with Crippen molar-refractivity contribution < 1.29 is 4.79 Å². The summed E-state index contributed by atoms with van der Waals surface area (Å²) in [5, 5.41) is 11.6. The van der Waals surface area contributed by atoms with Gasteiger partial charge in [-0.05, 0) is 46.5 Å². The smallest absolute Gasteiger partial charge is 0.220 e. The maximum absolute atomic E-state index is 11.9. The standard InChI is InChI=1S/C19H21N3OS2/c23-19(20-9-11-25-15-17-8-10-24-14-17)7-6-16-12-21-22(13-16)18-4-2-1-3-5-18/h1-5,8,10,12-14H,6-7,9,11,15H2,(H,20,23). The van der Waals surface area contributed by atoms with Gasteiger partial charge in [-0.15, -0.1) is 0 Å². The van der Waals surface area contributed by atoms with Gasteiger partial charge < -0.3 is 5.32 Å². The van der Waals surface area contributed by atoms with Gasteiger partial charge in [-0.25, -0.2) is 4.68 Å². The maximum atomic E-state index is 11.9. The van der Waals surface area contributed by atoms with Gasteiger partial charge in [0.05, 0.1) is 11.9 Å². The highest BCUT2D eigenvalue weighted by Crippen LogP contribution is 2.14. The molecule has 0 aliphatic rings. The monoisotopic (exact) mass is 371 g/mol. The molecule has 6 heteroatoms. The molecule has 4 nitrogen and oxygen atoms in total. The summed E-state index contributed by atoms with van der Waals surface area (Å²) < 4.78 is 1.84. The van der Waals surface area contributed by atoms with E-state index in [0.29, 0.717) is 12.8 Å². The van der Waals surface area contributed by atoms with Gasteiger partial charge >= 0.3 is 0 Å². The fraction of sp³-hybridized carbons (Fsp3) is 0.263. The number of para-hydroxylation sites is 1. The lowest BCUT2D eigenvalue weighted by Crippen LogP contribution is -2.25. The van der Waals surface area contributed by atoms with Gasteiger partial charge in [0.25, 0.3) is 0 Å². The first kappa shape index (κ1) is 17.8. The van der Waals surface area contributed by atoms with Crippen molar-refractivity contribution in [3.05, 3.63) is 70.7 Å². The van der Waals surface area contributed by atoms with Crippen molar-refractivity contribution in [2.75, 3.05) is 12.3 Å². The molecule has 0 atom stereocenters. The summed E-state index contributed by atoms with van der Waals surface area (Å²) in [5.41, 5.74) is 3.46. The van der Waals surface area contributed by atoms with Crippen molar-refractivity contribution in [2.24, 2.45) is 0 Å². The van der Waals surface area contributed by atoms with E-state index in [0.717, 1.165) is 29.3 Å². The Hall–Kier alpha value is -2.05. The Bertz CT molecular complexity index is 769. The summed E-state index contributed by atoms with van der Waals surface area (Å²) in [5.74, 6) is 2.05. The minimum Gasteiger partial charge on any atom is -0.355 e. The maximum Gasteiger partial charge on any atom is 0.220 e. The molecule has 0 saturated carbocycles. The number of carbonyl (C=O) groups excluding carboxylic acids is 1. The van der Waals surface area contributed by atoms with Crippen molar-refractivity contribution in [1.82, 2.24) is 15.1 Å². The van der Waals surface area contributed by atoms with Gasteiger partial charge in [-0.2, -0.15) is 28.2 Å². The highest BCUT2D eigenvalue weighted by atomic mass is 32.2. The zero-order chi connectivity index (χ0) is 17.3. The Morgan fingerprint density at radius 1 is 1.20 bits per heavy atom. The number of aryl methyl sites for hydroxylation is 1. The van der Waals surface area contributed by atoms with Gasteiger partial charge in [-0.1, -0.05) is 18.2 Å². The molecule has 3 rings (SSSR count). The third kappa shape index (κ3) is 5.76. The summed E-state index contributed by atoms with van der Waals surface area (Å²) in [7, 11) is 0. The lowest BCUT2D eigenvalue weighted by atomic mass is 10.2. The highest BCUT2D eigenvalue weighted by Gasteiger charge is 2.05. The second kappa shape index (κ2) is 9.44. The molecule has 0 aliphatic carbocycles. The SMILES string of the molecule is O=C(CCc1cnn(-c2ccccc2)c1)NCCSCc1ccsc1. The van der Waals surface area contributed by atoms with Crippen LogP contribution in [0.15, 0.2) is 59.6 Å². The van der Waals surface area contributed by atoms with E-state index in [1.807, 2.05) is 59.2 Å². The van der Waals surface area contributed by atoms with Crippen LogP contribution in [0.5, 0.6) is 0 Å². The molecule has 1 aromatic carbocycles. The van der Waals surface area contributed by atoms with E-state index in [4.69, 9.17) is 0 Å². The Kier molecular flexibility index (Phi) is 6.71. The number of hydrogen-bond donors (Lipinski definition) is 1. The van der Waals surface area contributed by atoms with Crippen molar-refractivity contribution >= 4 is 29.0 Å². The Labute approximate surface area is 156 Å². The molecule has 2 aromatic heterocycles. The summed E-state index contributed by atoms with van der Waals surface area (Å²) >= 11 is 3.57. The van der Waals surface area contributed by atoms with Crippen molar-refractivity contribution in [2.45, 2.75) is 18.6 Å². The molecule has 130 valence electrons. The normalized spacial score (nSPS) is 10.7. The molecule has 0 fully saturated rings. The van der Waals surface area contributed by atoms with Crippen LogP contribution in [0.3, 0.4) is 0 Å². The number of thiophene rings is 1. The van der Waals surface area contributed by atoms with E-state index < -0.39 is 0 Å². The molecule has 1 amide bonds. The third-order valence-electron chi connectivity index (χ3n) is 3.71. The van der Waals surface area contributed by atoms with Crippen LogP contribution in [-0.2, 0) is 17.0 Å². The van der Waals surface area contributed by atoms with Crippen LogP contribution >= 0.6 is 23.1 Å². The van der Waals surface area contributed by atoms with Crippen LogP contribution < -0.4 is 5.32 Å². The summed E-state index contributed by atoms with van der Waals surface area (Å²) in [6.07, 6.45) is 5.02. The van der Waals surface area contributed by atoms with E-state index in [1.54, 1.807) is 11.3 Å². The molecular formula is C19H21N3OS2. The average molecular weight is 372 g/mol. The summed E-state index contributed by atoms with van der Waals surface area (Å²) in [4.78, 5) is 11.9. The molecule has 3 aromatic rings. The molecule has 2 heterocycles. The topological polar surface area (TPSA) is 46.9 Å². The minimum absolute atomic E-state index is 0.101. The summed E-state index contributed by atoms with van der Waals surface area (Å²) in [6, 6.07) is 12.1. The number of carbonyl (C=O) groups is 1. The first-order valence-corrected chi connectivity index (χ1v) is 10.4. The van der Waals surface area contributed by atoms with Gasteiger partial charge in [0.1, 0.15) is 0 Å². The predicted molar refractivity (Wildman–Crippen MR) is 105 cm³/mol. The fourth-order valence-electron chi connectivity index (χ4n) is 2.38. The van der Waals surface area contributed by atoms with Crippen LogP contribution in [0.4, 0.5) is 0 Å². The van der Waals surface area contributed by atoms with E-state index >= 15 is 0 Å². The number of benzene rings is 1. The molecule has 0 bridgehead atoms. The molecular weight excluding hydrogens is 350 g/mol. The third-order valence-corrected chi connectivity index (χ3v) is 5.48. The van der Waals surface area contributed by atoms with E-state index in [1.165, 1.54) is 5.56 Å². The molecule has 0 unspecified atom stereocenters.